The number of aliphatic hydroxyl groups is 1. The van der Waals surface area contributed by atoms with E-state index in [9.17, 15) is 4.79 Å². The predicted octanol–water partition coefficient (Wildman–Crippen LogP) is -0.0310. The van der Waals surface area contributed by atoms with E-state index >= 15 is 0 Å². The summed E-state index contributed by atoms with van der Waals surface area (Å²) in [5, 5.41) is 11.2. The van der Waals surface area contributed by atoms with Crippen LogP contribution in [-0.4, -0.2) is 24.2 Å². The van der Waals surface area contributed by atoms with Crippen LogP contribution >= 0.6 is 0 Å². The third-order valence-corrected chi connectivity index (χ3v) is 2.24. The molecule has 1 unspecified atom stereocenters. The van der Waals surface area contributed by atoms with Crippen molar-refractivity contribution < 1.29 is 9.90 Å². The number of carbonyl (C=O) groups excluding carboxylic acids is 1. The van der Waals surface area contributed by atoms with Gasteiger partial charge >= 0.3 is 0 Å². The van der Waals surface area contributed by atoms with Crippen LogP contribution in [0.15, 0.2) is 30.3 Å². The zero-order chi connectivity index (χ0) is 11.3. The van der Waals surface area contributed by atoms with Gasteiger partial charge in [-0.1, -0.05) is 30.3 Å². The van der Waals surface area contributed by atoms with Crippen LogP contribution in [0.5, 0.6) is 0 Å². The number of hydrogen-bond acceptors (Lipinski definition) is 3. The van der Waals surface area contributed by atoms with Gasteiger partial charge in [-0.15, -0.1) is 0 Å². The van der Waals surface area contributed by atoms with Crippen LogP contribution in [0.25, 0.3) is 0 Å². The summed E-state index contributed by atoms with van der Waals surface area (Å²) in [6.07, 6.45) is 0. The first-order chi connectivity index (χ1) is 7.09. The zero-order valence-corrected chi connectivity index (χ0v) is 8.73. The van der Waals surface area contributed by atoms with E-state index in [4.69, 9.17) is 10.8 Å². The molecule has 4 heteroatoms. The van der Waals surface area contributed by atoms with E-state index < -0.39 is 5.54 Å². The van der Waals surface area contributed by atoms with E-state index in [0.29, 0.717) is 0 Å². The average Bonchev–Trinajstić information content (AvgIpc) is 2.27. The maximum Gasteiger partial charge on any atom is 0.244 e. The van der Waals surface area contributed by atoms with Crippen molar-refractivity contribution in [2.24, 2.45) is 5.73 Å². The molecular weight excluding hydrogens is 192 g/mol. The minimum atomic E-state index is -1.06. The molecule has 1 rings (SSSR count). The summed E-state index contributed by atoms with van der Waals surface area (Å²) in [4.78, 5) is 11.7. The lowest BCUT2D eigenvalue weighted by Crippen LogP contribution is -2.49. The SMILES string of the molecule is CC(N)(C(=O)NCCO)c1ccccc1. The molecule has 0 saturated carbocycles. The van der Waals surface area contributed by atoms with Crippen LogP contribution in [0.4, 0.5) is 0 Å². The van der Waals surface area contributed by atoms with Crippen LogP contribution in [0.1, 0.15) is 12.5 Å². The molecule has 0 heterocycles. The highest BCUT2D eigenvalue weighted by Gasteiger charge is 2.29. The molecule has 4 nitrogen and oxygen atoms in total. The van der Waals surface area contributed by atoms with Crippen molar-refractivity contribution in [2.45, 2.75) is 12.5 Å². The minimum absolute atomic E-state index is 0.0867. The monoisotopic (exact) mass is 208 g/mol. The van der Waals surface area contributed by atoms with Gasteiger partial charge in [0.25, 0.3) is 0 Å². The second kappa shape index (κ2) is 4.91. The Labute approximate surface area is 89.1 Å². The van der Waals surface area contributed by atoms with Crippen LogP contribution in [-0.2, 0) is 10.3 Å². The van der Waals surface area contributed by atoms with E-state index in [1.54, 1.807) is 19.1 Å². The van der Waals surface area contributed by atoms with Gasteiger partial charge in [0.15, 0.2) is 0 Å². The number of nitrogens with one attached hydrogen (secondary N) is 1. The quantitative estimate of drug-likeness (QED) is 0.650. The molecule has 0 saturated heterocycles. The molecule has 4 N–H and O–H groups in total. The second-order valence-corrected chi connectivity index (χ2v) is 3.55. The van der Waals surface area contributed by atoms with E-state index in [2.05, 4.69) is 5.32 Å². The summed E-state index contributed by atoms with van der Waals surface area (Å²) in [5.74, 6) is -0.289. The van der Waals surface area contributed by atoms with Crippen molar-refractivity contribution in [3.63, 3.8) is 0 Å². The molecule has 0 spiro atoms. The first kappa shape index (κ1) is 11.7. The number of rotatable bonds is 4. The van der Waals surface area contributed by atoms with Gasteiger partial charge < -0.3 is 16.2 Å². The summed E-state index contributed by atoms with van der Waals surface area (Å²) < 4.78 is 0. The average molecular weight is 208 g/mol. The highest BCUT2D eigenvalue weighted by atomic mass is 16.3. The molecule has 1 aromatic rings. The highest BCUT2D eigenvalue weighted by molar-refractivity contribution is 5.86. The number of carbonyl (C=O) groups is 1. The Balaban J connectivity index is 2.78. The van der Waals surface area contributed by atoms with Crippen molar-refractivity contribution in [1.82, 2.24) is 5.32 Å². The van der Waals surface area contributed by atoms with E-state index in [1.165, 1.54) is 0 Å². The largest absolute Gasteiger partial charge is 0.395 e. The van der Waals surface area contributed by atoms with Gasteiger partial charge in [0.05, 0.1) is 6.61 Å². The third kappa shape index (κ3) is 2.78. The Morgan fingerprint density at radius 1 is 1.47 bits per heavy atom. The van der Waals surface area contributed by atoms with E-state index in [0.717, 1.165) is 5.56 Å². The number of hydrogen-bond donors (Lipinski definition) is 3. The van der Waals surface area contributed by atoms with Gasteiger partial charge in [-0.2, -0.15) is 0 Å². The molecule has 82 valence electrons. The van der Waals surface area contributed by atoms with Crippen molar-refractivity contribution in [3.8, 4) is 0 Å². The topological polar surface area (TPSA) is 75.4 Å². The first-order valence-electron chi connectivity index (χ1n) is 4.82. The smallest absolute Gasteiger partial charge is 0.244 e. The Hall–Kier alpha value is -1.39. The van der Waals surface area contributed by atoms with Crippen molar-refractivity contribution in [1.29, 1.82) is 0 Å². The second-order valence-electron chi connectivity index (χ2n) is 3.55. The Bertz CT molecular complexity index is 323. The molecule has 1 aromatic carbocycles. The molecule has 1 atom stereocenters. The summed E-state index contributed by atoms with van der Waals surface area (Å²) in [7, 11) is 0. The van der Waals surface area contributed by atoms with Gasteiger partial charge in [-0.25, -0.2) is 0 Å². The van der Waals surface area contributed by atoms with Gasteiger partial charge in [-0.05, 0) is 12.5 Å². The third-order valence-electron chi connectivity index (χ3n) is 2.24. The molecule has 1 amide bonds. The van der Waals surface area contributed by atoms with Crippen LogP contribution in [0.2, 0.25) is 0 Å². The Morgan fingerprint density at radius 3 is 2.60 bits per heavy atom. The molecule has 0 aliphatic rings. The van der Waals surface area contributed by atoms with Crippen molar-refractivity contribution >= 4 is 5.91 Å². The summed E-state index contributed by atoms with van der Waals surface area (Å²) in [6, 6.07) is 9.14. The summed E-state index contributed by atoms with van der Waals surface area (Å²) >= 11 is 0. The normalized spacial score (nSPS) is 14.3. The Morgan fingerprint density at radius 2 is 2.07 bits per heavy atom. The number of nitrogens with two attached hydrogens (primary N) is 1. The molecule has 15 heavy (non-hydrogen) atoms. The summed E-state index contributed by atoms with van der Waals surface area (Å²) in [6.45, 7) is 1.78. The molecule has 0 aromatic heterocycles. The number of amides is 1. The fraction of sp³-hybridized carbons (Fsp3) is 0.364. The summed E-state index contributed by atoms with van der Waals surface area (Å²) in [5.41, 5.74) is 5.62. The predicted molar refractivity (Wildman–Crippen MR) is 58.1 cm³/mol. The standard InChI is InChI=1S/C11H16N2O2/c1-11(12,10(15)13-7-8-14)9-5-3-2-4-6-9/h2-6,14H,7-8,12H2,1H3,(H,13,15). The highest BCUT2D eigenvalue weighted by Crippen LogP contribution is 2.16. The lowest BCUT2D eigenvalue weighted by atomic mass is 9.92. The number of benzene rings is 1. The minimum Gasteiger partial charge on any atom is -0.395 e. The van der Waals surface area contributed by atoms with Gasteiger partial charge in [0.1, 0.15) is 5.54 Å². The van der Waals surface area contributed by atoms with Crippen LogP contribution < -0.4 is 11.1 Å². The lowest BCUT2D eigenvalue weighted by molar-refractivity contribution is -0.126. The van der Waals surface area contributed by atoms with E-state index in [-0.39, 0.29) is 19.1 Å². The molecule has 0 fully saturated rings. The fourth-order valence-electron chi connectivity index (χ4n) is 1.27. The molecule has 0 radical (unpaired) electrons. The van der Waals surface area contributed by atoms with Crippen LogP contribution in [0.3, 0.4) is 0 Å². The molecule has 0 bridgehead atoms. The maximum absolute atomic E-state index is 11.7. The van der Waals surface area contributed by atoms with Gasteiger partial charge in [0.2, 0.25) is 5.91 Å². The fourth-order valence-corrected chi connectivity index (χ4v) is 1.27. The van der Waals surface area contributed by atoms with E-state index in [1.807, 2.05) is 18.2 Å². The van der Waals surface area contributed by atoms with Gasteiger partial charge in [-0.3, -0.25) is 4.79 Å². The molecular formula is C11H16N2O2. The van der Waals surface area contributed by atoms with Crippen LogP contribution in [0, 0.1) is 0 Å². The first-order valence-corrected chi connectivity index (χ1v) is 4.82. The van der Waals surface area contributed by atoms with Gasteiger partial charge in [0, 0.05) is 6.54 Å². The Kier molecular flexibility index (Phi) is 3.82. The van der Waals surface area contributed by atoms with Crippen molar-refractivity contribution in [2.75, 3.05) is 13.2 Å². The van der Waals surface area contributed by atoms with Crippen molar-refractivity contribution in [3.05, 3.63) is 35.9 Å². The molecule has 0 aliphatic carbocycles. The zero-order valence-electron chi connectivity index (χ0n) is 8.73. The molecule has 0 aliphatic heterocycles. The number of aliphatic hydroxyl groups excluding tert-OH is 1. The lowest BCUT2D eigenvalue weighted by Gasteiger charge is -2.23. The maximum atomic E-state index is 11.7.